The first-order chi connectivity index (χ1) is 11.7. The van der Waals surface area contributed by atoms with Crippen LogP contribution in [0.5, 0.6) is 0 Å². The first-order valence-electron chi connectivity index (χ1n) is 7.70. The van der Waals surface area contributed by atoms with Crippen LogP contribution >= 0.6 is 0 Å². The number of hydrogen-bond acceptors (Lipinski definition) is 2. The molecule has 0 saturated heterocycles. The van der Waals surface area contributed by atoms with E-state index in [0.717, 1.165) is 16.7 Å². The molecule has 3 aromatic rings. The summed E-state index contributed by atoms with van der Waals surface area (Å²) in [5, 5.41) is 17.6. The molecule has 2 N–H and O–H groups in total. The van der Waals surface area contributed by atoms with Crippen LogP contribution in [0.2, 0.25) is 0 Å². The molecule has 0 fully saturated rings. The van der Waals surface area contributed by atoms with Crippen molar-refractivity contribution in [3.05, 3.63) is 107 Å². The Kier molecular flexibility index (Phi) is 6.74. The van der Waals surface area contributed by atoms with E-state index in [1.54, 1.807) is 12.1 Å². The number of hydrogen-bond donors (Lipinski definition) is 2. The van der Waals surface area contributed by atoms with Gasteiger partial charge in [-0.1, -0.05) is 78.9 Å². The molecule has 0 aliphatic rings. The Morgan fingerprint density at radius 3 is 1.71 bits per heavy atom. The molecule has 0 amide bonds. The Morgan fingerprint density at radius 2 is 1.21 bits per heavy atom. The fourth-order valence-electron chi connectivity index (χ4n) is 2.28. The largest absolute Gasteiger partial charge is 0.478 e. The zero-order chi connectivity index (χ0) is 17.2. The molecule has 0 aliphatic carbocycles. The van der Waals surface area contributed by atoms with Crippen LogP contribution in [0.15, 0.2) is 84.9 Å². The minimum absolute atomic E-state index is 0.140. The minimum atomic E-state index is -0.869. The molecule has 0 atom stereocenters. The lowest BCUT2D eigenvalue weighted by molar-refractivity contribution is 0.0696. The molecule has 3 heteroatoms. The zero-order valence-corrected chi connectivity index (χ0v) is 13.3. The van der Waals surface area contributed by atoms with Crippen molar-refractivity contribution in [3.8, 4) is 0 Å². The van der Waals surface area contributed by atoms with Gasteiger partial charge in [-0.2, -0.15) is 0 Å². The summed E-state index contributed by atoms with van der Waals surface area (Å²) >= 11 is 0. The van der Waals surface area contributed by atoms with Crippen LogP contribution in [0.3, 0.4) is 0 Å². The molecule has 0 aromatic heterocycles. The Hall–Kier alpha value is -2.91. The smallest absolute Gasteiger partial charge is 0.335 e. The van der Waals surface area contributed by atoms with E-state index < -0.39 is 5.97 Å². The van der Waals surface area contributed by atoms with E-state index in [1.807, 2.05) is 72.8 Å². The first kappa shape index (κ1) is 17.4. The number of rotatable bonds is 4. The molecule has 0 radical (unpaired) electrons. The highest BCUT2D eigenvalue weighted by Crippen LogP contribution is 2.14. The lowest BCUT2D eigenvalue weighted by atomic mass is 10.00. The summed E-state index contributed by atoms with van der Waals surface area (Å²) in [6.07, 6.45) is 0.656. The van der Waals surface area contributed by atoms with Crippen LogP contribution in [0.1, 0.15) is 27.0 Å². The number of carboxylic acid groups (broad SMARTS) is 1. The standard InChI is InChI=1S/C14H12O2.C7H8O/c15-14(16)13-9-5-4-8-12(13)10-11-6-2-1-3-7-11;8-6-7-4-2-1-3-5-7/h1-9H,10H2,(H,15,16);1-5,8H,6H2. The number of aliphatic hydroxyl groups is 1. The summed E-state index contributed by atoms with van der Waals surface area (Å²) in [4.78, 5) is 11.0. The third-order valence-electron chi connectivity index (χ3n) is 3.51. The molecule has 3 rings (SSSR count). The van der Waals surface area contributed by atoms with E-state index in [9.17, 15) is 4.79 Å². The van der Waals surface area contributed by atoms with Crippen LogP contribution < -0.4 is 0 Å². The van der Waals surface area contributed by atoms with Gasteiger partial charge in [0.25, 0.3) is 0 Å². The third kappa shape index (κ3) is 5.38. The molecule has 122 valence electrons. The SMILES string of the molecule is O=C(O)c1ccccc1Cc1ccccc1.OCc1ccccc1. The van der Waals surface area contributed by atoms with Crippen molar-refractivity contribution in [2.45, 2.75) is 13.0 Å². The molecule has 24 heavy (non-hydrogen) atoms. The maximum absolute atomic E-state index is 11.0. The second-order valence-electron chi connectivity index (χ2n) is 5.27. The van der Waals surface area contributed by atoms with Crippen LogP contribution in [0.25, 0.3) is 0 Å². The number of carbonyl (C=O) groups is 1. The lowest BCUT2D eigenvalue weighted by Gasteiger charge is -2.05. The second kappa shape index (κ2) is 9.28. The average Bonchev–Trinajstić information content (AvgIpc) is 2.64. The van der Waals surface area contributed by atoms with Gasteiger partial charge in [0.1, 0.15) is 0 Å². The van der Waals surface area contributed by atoms with E-state index in [4.69, 9.17) is 10.2 Å². The summed E-state index contributed by atoms with van der Waals surface area (Å²) in [5.41, 5.74) is 3.32. The van der Waals surface area contributed by atoms with Gasteiger partial charge in [0, 0.05) is 0 Å². The third-order valence-corrected chi connectivity index (χ3v) is 3.51. The summed E-state index contributed by atoms with van der Waals surface area (Å²) in [5.74, 6) is -0.869. The minimum Gasteiger partial charge on any atom is -0.478 e. The maximum Gasteiger partial charge on any atom is 0.335 e. The summed E-state index contributed by atoms with van der Waals surface area (Å²) in [7, 11) is 0. The lowest BCUT2D eigenvalue weighted by Crippen LogP contribution is -2.02. The van der Waals surface area contributed by atoms with Gasteiger partial charge in [0.05, 0.1) is 12.2 Å². The fraction of sp³-hybridized carbons (Fsp3) is 0.0952. The van der Waals surface area contributed by atoms with Crippen molar-refractivity contribution in [1.29, 1.82) is 0 Å². The fourth-order valence-corrected chi connectivity index (χ4v) is 2.28. The van der Waals surface area contributed by atoms with Gasteiger partial charge < -0.3 is 10.2 Å². The van der Waals surface area contributed by atoms with Crippen LogP contribution in [-0.2, 0) is 13.0 Å². The monoisotopic (exact) mass is 320 g/mol. The molecule has 0 heterocycles. The van der Waals surface area contributed by atoms with Gasteiger partial charge in [0.2, 0.25) is 0 Å². The Morgan fingerprint density at radius 1 is 0.708 bits per heavy atom. The zero-order valence-electron chi connectivity index (χ0n) is 13.3. The number of benzene rings is 3. The molecule has 3 nitrogen and oxygen atoms in total. The van der Waals surface area contributed by atoms with Crippen LogP contribution in [-0.4, -0.2) is 16.2 Å². The predicted octanol–water partition coefficient (Wildman–Crippen LogP) is 4.15. The van der Waals surface area contributed by atoms with Gasteiger partial charge in [0.15, 0.2) is 0 Å². The molecule has 0 unspecified atom stereocenters. The topological polar surface area (TPSA) is 57.5 Å². The average molecular weight is 320 g/mol. The van der Waals surface area contributed by atoms with Crippen molar-refractivity contribution in [2.75, 3.05) is 0 Å². The predicted molar refractivity (Wildman–Crippen MR) is 95.0 cm³/mol. The van der Waals surface area contributed by atoms with E-state index in [1.165, 1.54) is 0 Å². The first-order valence-corrected chi connectivity index (χ1v) is 7.70. The maximum atomic E-state index is 11.0. The van der Waals surface area contributed by atoms with Gasteiger partial charge in [-0.15, -0.1) is 0 Å². The Bertz CT molecular complexity index is 752. The second-order valence-corrected chi connectivity index (χ2v) is 5.27. The Labute approximate surface area is 141 Å². The molecule has 0 aliphatic heterocycles. The number of aliphatic hydroxyl groups excluding tert-OH is 1. The van der Waals surface area contributed by atoms with Gasteiger partial charge in [-0.3, -0.25) is 0 Å². The van der Waals surface area contributed by atoms with Crippen molar-refractivity contribution >= 4 is 5.97 Å². The van der Waals surface area contributed by atoms with E-state index in [-0.39, 0.29) is 6.61 Å². The van der Waals surface area contributed by atoms with Crippen molar-refractivity contribution < 1.29 is 15.0 Å². The van der Waals surface area contributed by atoms with E-state index in [2.05, 4.69) is 0 Å². The molecular formula is C21H20O3. The molecule has 0 bridgehead atoms. The van der Waals surface area contributed by atoms with Crippen LogP contribution in [0, 0.1) is 0 Å². The highest BCUT2D eigenvalue weighted by atomic mass is 16.4. The quantitative estimate of drug-likeness (QED) is 0.759. The number of aromatic carboxylic acids is 1. The normalized spacial score (nSPS) is 9.71. The van der Waals surface area contributed by atoms with Gasteiger partial charge in [-0.25, -0.2) is 4.79 Å². The Balaban J connectivity index is 0.000000219. The van der Waals surface area contributed by atoms with E-state index >= 15 is 0 Å². The highest BCUT2D eigenvalue weighted by Gasteiger charge is 2.08. The molecular weight excluding hydrogens is 300 g/mol. The number of carboxylic acids is 1. The summed E-state index contributed by atoms with van der Waals surface area (Å²) in [6, 6.07) is 26.5. The molecule has 0 saturated carbocycles. The summed E-state index contributed by atoms with van der Waals surface area (Å²) in [6.45, 7) is 0.140. The van der Waals surface area contributed by atoms with Crippen molar-refractivity contribution in [2.24, 2.45) is 0 Å². The molecule has 3 aromatic carbocycles. The summed E-state index contributed by atoms with van der Waals surface area (Å²) < 4.78 is 0. The van der Waals surface area contributed by atoms with Gasteiger partial charge >= 0.3 is 5.97 Å². The van der Waals surface area contributed by atoms with Crippen molar-refractivity contribution in [3.63, 3.8) is 0 Å². The molecule has 0 spiro atoms. The van der Waals surface area contributed by atoms with E-state index in [0.29, 0.717) is 12.0 Å². The van der Waals surface area contributed by atoms with Gasteiger partial charge in [-0.05, 0) is 29.2 Å². The van der Waals surface area contributed by atoms with Crippen molar-refractivity contribution in [1.82, 2.24) is 0 Å². The van der Waals surface area contributed by atoms with Crippen LogP contribution in [0.4, 0.5) is 0 Å². The highest BCUT2D eigenvalue weighted by molar-refractivity contribution is 5.89.